The molecule has 2 saturated heterocycles. The predicted molar refractivity (Wildman–Crippen MR) is 92.7 cm³/mol. The number of ether oxygens (including phenoxy) is 1. The summed E-state index contributed by atoms with van der Waals surface area (Å²) in [6.45, 7) is 2.48. The van der Waals surface area contributed by atoms with Gasteiger partial charge in [0.15, 0.2) is 0 Å². The van der Waals surface area contributed by atoms with E-state index in [1.807, 2.05) is 0 Å². The molecule has 2 fully saturated rings. The average molecular weight is 322 g/mol. The van der Waals surface area contributed by atoms with Crippen molar-refractivity contribution in [3.63, 3.8) is 0 Å². The Labute approximate surface area is 142 Å². The molecule has 1 N–H and O–H groups in total. The van der Waals surface area contributed by atoms with Gasteiger partial charge in [-0.3, -0.25) is 4.90 Å². The molecular weight excluding hydrogens is 300 g/mol. The molecule has 124 valence electrons. The molecule has 0 aromatic heterocycles. The average Bonchev–Trinajstić information content (AvgIpc) is 2.99. The van der Waals surface area contributed by atoms with E-state index in [0.29, 0.717) is 6.54 Å². The quantitative estimate of drug-likeness (QED) is 0.942. The minimum atomic E-state index is -0.300. The lowest BCUT2D eigenvalue weighted by molar-refractivity contribution is -0.00618. The maximum absolute atomic E-state index is 11.4. The zero-order chi connectivity index (χ0) is 16.4. The highest BCUT2D eigenvalue weighted by Crippen LogP contribution is 2.36. The Balaban J connectivity index is 1.58. The third kappa shape index (κ3) is 2.89. The van der Waals surface area contributed by atoms with Gasteiger partial charge in [0.05, 0.1) is 12.6 Å². The van der Waals surface area contributed by atoms with Crippen LogP contribution in [0.5, 0.6) is 0 Å². The van der Waals surface area contributed by atoms with Gasteiger partial charge < -0.3 is 10.1 Å². The van der Waals surface area contributed by atoms with Crippen LogP contribution in [-0.4, -0.2) is 36.2 Å². The largest absolute Gasteiger partial charge is 0.441 e. The van der Waals surface area contributed by atoms with Crippen LogP contribution in [0.1, 0.15) is 30.0 Å². The summed E-state index contributed by atoms with van der Waals surface area (Å²) in [4.78, 5) is 13.9. The van der Waals surface area contributed by atoms with Gasteiger partial charge in [-0.25, -0.2) is 4.79 Å². The number of nitrogens with zero attached hydrogens (tertiary/aromatic N) is 1. The molecule has 0 atom stereocenters. The number of hydrogen-bond donors (Lipinski definition) is 1. The lowest BCUT2D eigenvalue weighted by Crippen LogP contribution is -2.47. The number of amides is 1. The molecule has 0 radical (unpaired) electrons. The van der Waals surface area contributed by atoms with E-state index in [9.17, 15) is 4.79 Å². The van der Waals surface area contributed by atoms with E-state index in [1.54, 1.807) is 0 Å². The van der Waals surface area contributed by atoms with Gasteiger partial charge in [0.1, 0.15) is 5.60 Å². The summed E-state index contributed by atoms with van der Waals surface area (Å²) in [5.41, 5.74) is 2.31. The van der Waals surface area contributed by atoms with Crippen LogP contribution < -0.4 is 5.32 Å². The Morgan fingerprint density at radius 1 is 0.917 bits per heavy atom. The Bertz CT molecular complexity index is 655. The molecule has 2 aromatic carbocycles. The molecule has 0 unspecified atom stereocenters. The third-order valence-electron chi connectivity index (χ3n) is 5.17. The highest BCUT2D eigenvalue weighted by molar-refractivity contribution is 5.70. The van der Waals surface area contributed by atoms with Crippen molar-refractivity contribution in [1.82, 2.24) is 10.2 Å². The van der Waals surface area contributed by atoms with Gasteiger partial charge in [-0.2, -0.15) is 0 Å². The van der Waals surface area contributed by atoms with E-state index < -0.39 is 0 Å². The van der Waals surface area contributed by atoms with E-state index in [4.69, 9.17) is 4.74 Å². The van der Waals surface area contributed by atoms with E-state index in [2.05, 4.69) is 70.9 Å². The van der Waals surface area contributed by atoms with Crippen molar-refractivity contribution in [2.75, 3.05) is 19.6 Å². The maximum atomic E-state index is 11.4. The molecule has 0 aliphatic carbocycles. The number of likely N-dealkylation sites (tertiary alicyclic amines) is 1. The zero-order valence-corrected chi connectivity index (χ0v) is 13.7. The number of piperidine rings is 1. The molecule has 0 saturated carbocycles. The first-order chi connectivity index (χ1) is 11.8. The molecule has 0 bridgehead atoms. The van der Waals surface area contributed by atoms with Crippen LogP contribution in [-0.2, 0) is 4.74 Å². The van der Waals surface area contributed by atoms with Crippen molar-refractivity contribution in [3.8, 4) is 0 Å². The molecule has 4 nitrogen and oxygen atoms in total. The minimum Gasteiger partial charge on any atom is -0.441 e. The normalized spacial score (nSPS) is 20.1. The van der Waals surface area contributed by atoms with Crippen LogP contribution in [0.4, 0.5) is 4.79 Å². The van der Waals surface area contributed by atoms with Gasteiger partial charge in [-0.15, -0.1) is 0 Å². The number of carbonyl (C=O) groups is 1. The Kier molecular flexibility index (Phi) is 3.98. The molecule has 1 amide bonds. The lowest BCUT2D eigenvalue weighted by Gasteiger charge is -2.41. The highest BCUT2D eigenvalue weighted by Gasteiger charge is 2.44. The molecule has 4 rings (SSSR count). The first kappa shape index (κ1) is 15.2. The molecule has 2 aliphatic rings. The summed E-state index contributed by atoms with van der Waals surface area (Å²) in [5, 5.41) is 2.81. The third-order valence-corrected chi connectivity index (χ3v) is 5.17. The summed E-state index contributed by atoms with van der Waals surface area (Å²) in [6.07, 6.45) is 1.48. The van der Waals surface area contributed by atoms with Gasteiger partial charge in [-0.05, 0) is 11.1 Å². The highest BCUT2D eigenvalue weighted by atomic mass is 16.6. The second-order valence-electron chi connectivity index (χ2n) is 6.69. The van der Waals surface area contributed by atoms with Gasteiger partial charge in [0, 0.05) is 25.9 Å². The first-order valence-corrected chi connectivity index (χ1v) is 8.57. The van der Waals surface area contributed by atoms with Crippen molar-refractivity contribution in [2.45, 2.75) is 24.5 Å². The molecule has 24 heavy (non-hydrogen) atoms. The van der Waals surface area contributed by atoms with Crippen molar-refractivity contribution in [2.24, 2.45) is 0 Å². The second-order valence-corrected chi connectivity index (χ2v) is 6.69. The maximum Gasteiger partial charge on any atom is 0.407 e. The number of hydrogen-bond acceptors (Lipinski definition) is 3. The van der Waals surface area contributed by atoms with Crippen LogP contribution in [0.2, 0.25) is 0 Å². The van der Waals surface area contributed by atoms with Crippen LogP contribution in [0.15, 0.2) is 60.7 Å². The molecule has 4 heteroatoms. The van der Waals surface area contributed by atoms with E-state index >= 15 is 0 Å². The summed E-state index contributed by atoms with van der Waals surface area (Å²) >= 11 is 0. The Morgan fingerprint density at radius 3 is 1.92 bits per heavy atom. The minimum absolute atomic E-state index is 0.245. The summed E-state index contributed by atoms with van der Waals surface area (Å²) in [5.74, 6) is 0. The number of benzene rings is 2. The molecule has 1 spiro atoms. The number of alkyl carbamates (subject to hydrolysis) is 1. The van der Waals surface area contributed by atoms with Gasteiger partial charge in [-0.1, -0.05) is 60.7 Å². The molecule has 2 aliphatic heterocycles. The standard InChI is InChI=1S/C20H22N2O2/c23-19-21-15-20(24-19)11-13-22(14-12-20)18(16-7-3-1-4-8-16)17-9-5-2-6-10-17/h1-10,18H,11-15H2,(H,21,23). The monoisotopic (exact) mass is 322 g/mol. The Morgan fingerprint density at radius 2 is 1.46 bits per heavy atom. The fourth-order valence-electron chi connectivity index (χ4n) is 3.86. The number of rotatable bonds is 3. The van der Waals surface area contributed by atoms with E-state index in [0.717, 1.165) is 25.9 Å². The zero-order valence-electron chi connectivity index (χ0n) is 13.7. The fraction of sp³-hybridized carbons (Fsp3) is 0.350. The van der Waals surface area contributed by atoms with Crippen LogP contribution >= 0.6 is 0 Å². The van der Waals surface area contributed by atoms with Crippen LogP contribution in [0.3, 0.4) is 0 Å². The second kappa shape index (κ2) is 6.29. The number of carbonyl (C=O) groups excluding carboxylic acids is 1. The van der Waals surface area contributed by atoms with E-state index in [-0.39, 0.29) is 17.7 Å². The smallest absolute Gasteiger partial charge is 0.407 e. The van der Waals surface area contributed by atoms with Crippen LogP contribution in [0, 0.1) is 0 Å². The summed E-state index contributed by atoms with van der Waals surface area (Å²) in [6, 6.07) is 21.5. The van der Waals surface area contributed by atoms with Crippen molar-refractivity contribution >= 4 is 6.09 Å². The van der Waals surface area contributed by atoms with Crippen molar-refractivity contribution < 1.29 is 9.53 Å². The predicted octanol–water partition coefficient (Wildman–Crippen LogP) is 3.35. The van der Waals surface area contributed by atoms with Crippen LogP contribution in [0.25, 0.3) is 0 Å². The van der Waals surface area contributed by atoms with E-state index in [1.165, 1.54) is 11.1 Å². The topological polar surface area (TPSA) is 41.6 Å². The van der Waals surface area contributed by atoms with Gasteiger partial charge >= 0.3 is 6.09 Å². The summed E-state index contributed by atoms with van der Waals surface area (Å²) in [7, 11) is 0. The number of nitrogens with one attached hydrogen (secondary N) is 1. The molecular formula is C20H22N2O2. The van der Waals surface area contributed by atoms with Crippen molar-refractivity contribution in [3.05, 3.63) is 71.8 Å². The Hall–Kier alpha value is -2.33. The molecule has 2 aromatic rings. The fourth-order valence-corrected chi connectivity index (χ4v) is 3.86. The van der Waals surface area contributed by atoms with Gasteiger partial charge in [0.2, 0.25) is 0 Å². The van der Waals surface area contributed by atoms with Crippen molar-refractivity contribution in [1.29, 1.82) is 0 Å². The lowest BCUT2D eigenvalue weighted by atomic mass is 9.88. The van der Waals surface area contributed by atoms with Gasteiger partial charge in [0.25, 0.3) is 0 Å². The summed E-state index contributed by atoms with van der Waals surface area (Å²) < 4.78 is 5.55. The SMILES string of the molecule is O=C1NCC2(CCN(C(c3ccccc3)c3ccccc3)CC2)O1. The first-order valence-electron chi connectivity index (χ1n) is 8.57. The molecule has 2 heterocycles.